The molecule has 6 nitrogen and oxygen atoms in total. The van der Waals surface area contributed by atoms with Gasteiger partial charge in [-0.15, -0.1) is 0 Å². The predicted octanol–water partition coefficient (Wildman–Crippen LogP) is 3.72. The molecule has 0 spiro atoms. The first-order valence-electron chi connectivity index (χ1n) is 6.22. The van der Waals surface area contributed by atoms with Crippen LogP contribution in [0, 0.1) is 16.0 Å². The van der Waals surface area contributed by atoms with Crippen LogP contribution >= 0.6 is 26.6 Å². The Morgan fingerprint density at radius 2 is 2.14 bits per heavy atom. The summed E-state index contributed by atoms with van der Waals surface area (Å²) in [7, 11) is 1.65. The molecule has 0 N–H and O–H groups in total. The Morgan fingerprint density at radius 3 is 2.67 bits per heavy atom. The third-order valence-corrected chi connectivity index (χ3v) is 4.79. The summed E-state index contributed by atoms with van der Waals surface area (Å²) in [4.78, 5) is 10.3. The minimum atomic E-state index is -3.61. The van der Waals surface area contributed by atoms with Crippen LogP contribution in [0.1, 0.15) is 19.8 Å². The molecule has 0 aliphatic rings. The molecule has 0 aromatic heterocycles. The lowest BCUT2D eigenvalue weighted by Crippen LogP contribution is -2.19. The van der Waals surface area contributed by atoms with E-state index >= 15 is 0 Å². The van der Waals surface area contributed by atoms with E-state index in [0.717, 1.165) is 6.42 Å². The van der Waals surface area contributed by atoms with E-state index in [0.29, 0.717) is 12.2 Å². The highest BCUT2D eigenvalue weighted by Gasteiger charge is 2.20. The molecular formula is C12H15BrClNO5S. The van der Waals surface area contributed by atoms with Crippen molar-refractivity contribution in [2.24, 2.45) is 5.92 Å². The molecule has 0 radical (unpaired) electrons. The lowest BCUT2D eigenvalue weighted by atomic mass is 10.1. The Labute approximate surface area is 136 Å². The van der Waals surface area contributed by atoms with Crippen molar-refractivity contribution in [2.45, 2.75) is 19.8 Å². The second kappa shape index (κ2) is 7.95. The van der Waals surface area contributed by atoms with Crippen molar-refractivity contribution >= 4 is 41.4 Å². The minimum absolute atomic E-state index is 0.107. The number of nitrogens with zero attached hydrogens (tertiary/aromatic N) is 1. The summed E-state index contributed by atoms with van der Waals surface area (Å²) in [5.41, 5.74) is -0.107. The molecule has 9 heteroatoms. The summed E-state index contributed by atoms with van der Waals surface area (Å²) in [6.07, 6.45) is 1.43. The van der Waals surface area contributed by atoms with Crippen molar-refractivity contribution in [3.8, 4) is 5.75 Å². The smallest absolute Gasteiger partial charge is 0.287 e. The summed E-state index contributed by atoms with van der Waals surface area (Å²) < 4.78 is 28.0. The second-order valence-corrected chi connectivity index (χ2v) is 8.13. The number of ether oxygens (including phenoxy) is 1. The summed E-state index contributed by atoms with van der Waals surface area (Å²) in [6.45, 7) is 2.05. The van der Waals surface area contributed by atoms with Gasteiger partial charge in [0.05, 0.1) is 17.3 Å². The molecule has 0 aliphatic carbocycles. The van der Waals surface area contributed by atoms with Gasteiger partial charge in [-0.3, -0.25) is 10.1 Å². The Morgan fingerprint density at radius 1 is 1.48 bits per heavy atom. The zero-order valence-electron chi connectivity index (χ0n) is 11.3. The van der Waals surface area contributed by atoms with Gasteiger partial charge in [0.25, 0.3) is 5.69 Å². The SMILES string of the molecule is CCCC(COc1cccc([N+](=O)[O-])c1Br)CS(=O)(=O)Cl. The van der Waals surface area contributed by atoms with Crippen LogP contribution in [0.2, 0.25) is 0 Å². The van der Waals surface area contributed by atoms with E-state index in [9.17, 15) is 18.5 Å². The molecule has 0 amide bonds. The zero-order valence-corrected chi connectivity index (χ0v) is 14.4. The zero-order chi connectivity index (χ0) is 16.0. The van der Waals surface area contributed by atoms with Crippen LogP contribution in [0.5, 0.6) is 5.75 Å². The van der Waals surface area contributed by atoms with Gasteiger partial charge in [0, 0.05) is 22.7 Å². The van der Waals surface area contributed by atoms with Crippen LogP contribution in [0.15, 0.2) is 22.7 Å². The topological polar surface area (TPSA) is 86.5 Å². The molecule has 0 fully saturated rings. The van der Waals surface area contributed by atoms with Crippen LogP contribution in [0.4, 0.5) is 5.69 Å². The number of rotatable bonds is 8. The molecule has 1 aromatic carbocycles. The third-order valence-electron chi connectivity index (χ3n) is 2.75. The van der Waals surface area contributed by atoms with Crippen LogP contribution in [0.3, 0.4) is 0 Å². The van der Waals surface area contributed by atoms with E-state index in [1.165, 1.54) is 12.1 Å². The minimum Gasteiger partial charge on any atom is -0.492 e. The van der Waals surface area contributed by atoms with Crippen molar-refractivity contribution in [2.75, 3.05) is 12.4 Å². The summed E-state index contributed by atoms with van der Waals surface area (Å²) in [5.74, 6) is -0.143. The Kier molecular flexibility index (Phi) is 6.89. The van der Waals surface area contributed by atoms with Crippen LogP contribution in [-0.4, -0.2) is 25.7 Å². The molecule has 0 saturated heterocycles. The quantitative estimate of drug-likeness (QED) is 0.377. The highest BCUT2D eigenvalue weighted by molar-refractivity contribution is 9.10. The molecule has 0 heterocycles. The van der Waals surface area contributed by atoms with Crippen molar-refractivity contribution in [3.63, 3.8) is 0 Å². The third kappa shape index (κ3) is 6.19. The summed E-state index contributed by atoms with van der Waals surface area (Å²) in [5, 5.41) is 10.8. The van der Waals surface area contributed by atoms with Gasteiger partial charge in [-0.1, -0.05) is 19.4 Å². The van der Waals surface area contributed by atoms with Gasteiger partial charge < -0.3 is 4.74 Å². The van der Waals surface area contributed by atoms with Gasteiger partial charge in [0.1, 0.15) is 10.2 Å². The molecule has 1 aromatic rings. The molecule has 0 saturated carbocycles. The fourth-order valence-corrected chi connectivity index (χ4v) is 3.75. The molecular weight excluding hydrogens is 386 g/mol. The van der Waals surface area contributed by atoms with E-state index in [-0.39, 0.29) is 28.4 Å². The first-order valence-corrected chi connectivity index (χ1v) is 9.49. The van der Waals surface area contributed by atoms with Crippen LogP contribution in [-0.2, 0) is 9.05 Å². The highest BCUT2D eigenvalue weighted by atomic mass is 79.9. The van der Waals surface area contributed by atoms with E-state index < -0.39 is 14.0 Å². The summed E-state index contributed by atoms with van der Waals surface area (Å²) >= 11 is 3.12. The number of hydrogen-bond acceptors (Lipinski definition) is 5. The van der Waals surface area contributed by atoms with E-state index in [4.69, 9.17) is 15.4 Å². The van der Waals surface area contributed by atoms with Gasteiger partial charge in [-0.2, -0.15) is 0 Å². The van der Waals surface area contributed by atoms with Crippen molar-refractivity contribution < 1.29 is 18.1 Å². The Balaban J connectivity index is 2.81. The highest BCUT2D eigenvalue weighted by Crippen LogP contribution is 2.34. The van der Waals surface area contributed by atoms with E-state index in [1.54, 1.807) is 6.07 Å². The lowest BCUT2D eigenvalue weighted by Gasteiger charge is -2.16. The number of halogens is 2. The van der Waals surface area contributed by atoms with Crippen LogP contribution in [0.25, 0.3) is 0 Å². The first kappa shape index (κ1) is 18.2. The number of benzene rings is 1. The van der Waals surface area contributed by atoms with Crippen LogP contribution < -0.4 is 4.74 Å². The van der Waals surface area contributed by atoms with Gasteiger partial charge in [-0.25, -0.2) is 8.42 Å². The molecule has 0 bridgehead atoms. The molecule has 0 aliphatic heterocycles. The van der Waals surface area contributed by atoms with E-state index in [1.807, 2.05) is 6.92 Å². The monoisotopic (exact) mass is 399 g/mol. The molecule has 21 heavy (non-hydrogen) atoms. The van der Waals surface area contributed by atoms with E-state index in [2.05, 4.69) is 15.9 Å². The number of hydrogen-bond donors (Lipinski definition) is 0. The molecule has 118 valence electrons. The van der Waals surface area contributed by atoms with Crippen molar-refractivity contribution in [1.29, 1.82) is 0 Å². The first-order chi connectivity index (χ1) is 9.74. The molecule has 1 atom stereocenters. The number of nitro benzene ring substituents is 1. The molecule has 1 unspecified atom stereocenters. The van der Waals surface area contributed by atoms with Crippen molar-refractivity contribution in [3.05, 3.63) is 32.8 Å². The average Bonchev–Trinajstić information content (AvgIpc) is 2.35. The number of nitro groups is 1. The standard InChI is InChI=1S/C12H15BrClNO5S/c1-2-4-9(8-21(14,18)19)7-20-11-6-3-5-10(12(11)13)15(16)17/h3,5-6,9H,2,4,7-8H2,1H3. The lowest BCUT2D eigenvalue weighted by molar-refractivity contribution is -0.385. The molecule has 1 rings (SSSR count). The maximum Gasteiger partial charge on any atom is 0.287 e. The van der Waals surface area contributed by atoms with Gasteiger partial charge in [0.15, 0.2) is 0 Å². The maximum absolute atomic E-state index is 11.1. The fourth-order valence-electron chi connectivity index (χ4n) is 1.86. The normalized spacial score (nSPS) is 12.9. The summed E-state index contributed by atoms with van der Waals surface area (Å²) in [6, 6.07) is 4.43. The van der Waals surface area contributed by atoms with Crippen molar-refractivity contribution in [1.82, 2.24) is 0 Å². The predicted molar refractivity (Wildman–Crippen MR) is 84.3 cm³/mol. The Hall–Kier alpha value is -0.860. The largest absolute Gasteiger partial charge is 0.492 e. The van der Waals surface area contributed by atoms with Gasteiger partial charge in [-0.05, 0) is 28.4 Å². The second-order valence-electron chi connectivity index (χ2n) is 4.52. The fraction of sp³-hybridized carbons (Fsp3) is 0.500. The van der Waals surface area contributed by atoms with Gasteiger partial charge >= 0.3 is 0 Å². The average molecular weight is 401 g/mol. The van der Waals surface area contributed by atoms with Gasteiger partial charge in [0.2, 0.25) is 9.05 Å². The maximum atomic E-state index is 11.1. The Bertz CT molecular complexity index is 608.